The Morgan fingerprint density at radius 3 is 2.23 bits per heavy atom. The van der Waals surface area contributed by atoms with Crippen LogP contribution < -0.4 is 8.99 Å². The summed E-state index contributed by atoms with van der Waals surface area (Å²) in [4.78, 5) is 13.0. The molecule has 3 rings (SSSR count). The molecule has 2 aliphatic carbocycles. The third-order valence-electron chi connectivity index (χ3n) is 6.65. The van der Waals surface area contributed by atoms with E-state index in [4.69, 9.17) is 0 Å². The van der Waals surface area contributed by atoms with Crippen molar-refractivity contribution in [2.45, 2.75) is 59.9 Å². The summed E-state index contributed by atoms with van der Waals surface area (Å²) >= 11 is -1.88. The molecule has 0 aromatic heterocycles. The van der Waals surface area contributed by atoms with Crippen LogP contribution in [0.3, 0.4) is 0 Å². The summed E-state index contributed by atoms with van der Waals surface area (Å²) < 4.78 is 5.34. The molecule has 2 aliphatic rings. The summed E-state index contributed by atoms with van der Waals surface area (Å²) in [7, 11) is 0. The maximum absolute atomic E-state index is 13.0. The Labute approximate surface area is 166 Å². The van der Waals surface area contributed by atoms with Crippen molar-refractivity contribution in [1.82, 2.24) is 3.80 Å². The number of amides is 1. The third kappa shape index (κ3) is 3.86. The van der Waals surface area contributed by atoms with Crippen LogP contribution in [0.25, 0.3) is 0 Å². The molecule has 2 nitrogen and oxygen atoms in total. The molecular weight excluding hydrogens is 370 g/mol. The van der Waals surface area contributed by atoms with Crippen molar-refractivity contribution in [2.24, 2.45) is 11.8 Å². The zero-order valence-electron chi connectivity index (χ0n) is 16.9. The molecule has 0 radical (unpaired) electrons. The Morgan fingerprint density at radius 1 is 1.08 bits per heavy atom. The summed E-state index contributed by atoms with van der Waals surface area (Å²) in [5.41, 5.74) is 4.45. The molecule has 1 amide bonds. The normalized spacial score (nSPS) is 22.1. The summed E-state index contributed by atoms with van der Waals surface area (Å²) in [6.07, 6.45) is 4.61. The molecule has 1 saturated carbocycles. The van der Waals surface area contributed by atoms with E-state index in [1.165, 1.54) is 34.7 Å². The fourth-order valence-corrected chi connectivity index (χ4v) is 17.5. The molecule has 0 aliphatic heterocycles. The Kier molecular flexibility index (Phi) is 6.42. The van der Waals surface area contributed by atoms with Crippen molar-refractivity contribution >= 4 is 17.8 Å². The number of carbonyl (C=O) groups excluding carboxylic acids is 1. The van der Waals surface area contributed by atoms with Crippen molar-refractivity contribution in [3.8, 4) is 0 Å². The molecular formula is C22H32NOSiTi. The summed E-state index contributed by atoms with van der Waals surface area (Å²) in [5.74, 6) is 1.14. The molecule has 0 spiro atoms. The number of hydrogen-bond acceptors (Lipinski definition) is 1. The fraction of sp³-hybridized carbons (Fsp3) is 0.500. The second-order valence-corrected chi connectivity index (χ2v) is 19.2. The van der Waals surface area contributed by atoms with Crippen LogP contribution in [0.15, 0.2) is 50.9 Å². The van der Waals surface area contributed by atoms with Gasteiger partial charge in [0, 0.05) is 0 Å². The predicted octanol–water partition coefficient (Wildman–Crippen LogP) is 4.35. The number of nitrogens with one attached hydrogen (secondary N) is 1. The third-order valence-corrected chi connectivity index (χ3v) is 19.4. The van der Waals surface area contributed by atoms with E-state index in [0.29, 0.717) is 11.8 Å². The van der Waals surface area contributed by atoms with Gasteiger partial charge in [-0.05, 0) is 0 Å². The Morgan fingerprint density at radius 2 is 1.69 bits per heavy atom. The molecule has 1 fully saturated rings. The van der Waals surface area contributed by atoms with Gasteiger partial charge in [-0.15, -0.1) is 0 Å². The number of carbonyl (C=O) groups is 1. The topological polar surface area (TPSA) is 29.1 Å². The maximum atomic E-state index is 13.0. The SMILES string of the molecule is CC1=C(C)C(C)[C]([Ti]([NH]C(=O)C2CCCC2)[SiH](C)c2ccccc2)=C1C. The number of hydrogen-bond donors (Lipinski definition) is 1. The summed E-state index contributed by atoms with van der Waals surface area (Å²) in [5, 5.41) is 1.50. The molecule has 1 N–H and O–H groups in total. The molecule has 0 bridgehead atoms. The van der Waals surface area contributed by atoms with Crippen molar-refractivity contribution in [3.05, 3.63) is 50.9 Å². The van der Waals surface area contributed by atoms with Crippen LogP contribution in [-0.4, -0.2) is 12.6 Å². The van der Waals surface area contributed by atoms with Gasteiger partial charge in [0.15, 0.2) is 0 Å². The van der Waals surface area contributed by atoms with Crippen LogP contribution in [0.2, 0.25) is 6.55 Å². The van der Waals surface area contributed by atoms with E-state index >= 15 is 0 Å². The van der Waals surface area contributed by atoms with Gasteiger partial charge in [-0.25, -0.2) is 0 Å². The van der Waals surface area contributed by atoms with Gasteiger partial charge in [0.2, 0.25) is 0 Å². The Bertz CT molecular complexity index is 734. The predicted molar refractivity (Wildman–Crippen MR) is 109 cm³/mol. The Hall–Kier alpha value is -0.899. The zero-order valence-corrected chi connectivity index (χ0v) is 19.6. The average Bonchev–Trinajstić information content (AvgIpc) is 3.26. The van der Waals surface area contributed by atoms with Crippen molar-refractivity contribution in [3.63, 3.8) is 0 Å². The minimum atomic E-state index is -1.88. The second-order valence-electron chi connectivity index (χ2n) is 8.09. The van der Waals surface area contributed by atoms with E-state index in [2.05, 4.69) is 68.4 Å². The molecule has 26 heavy (non-hydrogen) atoms. The van der Waals surface area contributed by atoms with E-state index in [1.807, 2.05) is 0 Å². The van der Waals surface area contributed by atoms with Gasteiger partial charge in [-0.3, -0.25) is 0 Å². The first-order valence-electron chi connectivity index (χ1n) is 10.0. The molecule has 1 aromatic carbocycles. The first-order valence-corrected chi connectivity index (χ1v) is 16.6. The van der Waals surface area contributed by atoms with Gasteiger partial charge in [0.1, 0.15) is 0 Å². The molecule has 0 saturated heterocycles. The van der Waals surface area contributed by atoms with Gasteiger partial charge in [-0.1, -0.05) is 0 Å². The van der Waals surface area contributed by atoms with Crippen molar-refractivity contribution in [1.29, 1.82) is 0 Å². The monoisotopic (exact) mass is 402 g/mol. The van der Waals surface area contributed by atoms with Crippen molar-refractivity contribution in [2.75, 3.05) is 0 Å². The summed E-state index contributed by atoms with van der Waals surface area (Å²) in [6.45, 7) is 10.4. The fourth-order valence-electron chi connectivity index (χ4n) is 4.54. The van der Waals surface area contributed by atoms with Crippen LogP contribution in [0.5, 0.6) is 0 Å². The number of rotatable bonds is 5. The molecule has 1 aromatic rings. The minimum absolute atomic E-state index is 0.266. The zero-order chi connectivity index (χ0) is 18.8. The molecule has 139 valence electrons. The van der Waals surface area contributed by atoms with Gasteiger partial charge >= 0.3 is 166 Å². The number of allylic oxidation sites excluding steroid dienone is 4. The van der Waals surface area contributed by atoms with E-state index < -0.39 is 24.0 Å². The van der Waals surface area contributed by atoms with Gasteiger partial charge in [0.05, 0.1) is 0 Å². The Balaban J connectivity index is 1.93. The molecule has 4 heteroatoms. The quantitative estimate of drug-likeness (QED) is 0.729. The van der Waals surface area contributed by atoms with E-state index in [1.54, 1.807) is 3.88 Å². The van der Waals surface area contributed by atoms with Crippen LogP contribution in [-0.2, 0) is 22.2 Å². The van der Waals surface area contributed by atoms with Gasteiger partial charge < -0.3 is 0 Å². The molecule has 0 heterocycles. The van der Waals surface area contributed by atoms with Gasteiger partial charge in [0.25, 0.3) is 0 Å². The molecule has 2 atom stereocenters. The van der Waals surface area contributed by atoms with E-state index in [9.17, 15) is 4.79 Å². The average molecular weight is 402 g/mol. The van der Waals surface area contributed by atoms with Crippen LogP contribution >= 0.6 is 0 Å². The standard InChI is InChI=1S/C9H13.C7H9Si.C6H11NO.Ti/c1-6-5-7(2)9(4)8(6)3;1-8-7-5-3-2-4-6-7;7-6(8)5-3-1-2-4-5;/h6H,1-4H3;2-6,8H,1H3;5H,1-4H2,(H2,7,8);/q;;;+1/p-1. The van der Waals surface area contributed by atoms with E-state index in [0.717, 1.165) is 12.8 Å². The van der Waals surface area contributed by atoms with Crippen LogP contribution in [0.4, 0.5) is 0 Å². The van der Waals surface area contributed by atoms with E-state index in [-0.39, 0.29) is 5.92 Å². The first kappa shape index (κ1) is 19.9. The summed E-state index contributed by atoms with van der Waals surface area (Å²) in [6, 6.07) is 11.0. The second kappa shape index (κ2) is 8.41. The molecule has 2 unspecified atom stereocenters. The van der Waals surface area contributed by atoms with Gasteiger partial charge in [-0.2, -0.15) is 0 Å². The van der Waals surface area contributed by atoms with Crippen LogP contribution in [0, 0.1) is 11.8 Å². The van der Waals surface area contributed by atoms with Crippen molar-refractivity contribution < 1.29 is 22.2 Å². The first-order chi connectivity index (χ1) is 12.4. The van der Waals surface area contributed by atoms with Crippen LogP contribution in [0.1, 0.15) is 53.4 Å². The number of benzene rings is 1.